The third-order valence-electron chi connectivity index (χ3n) is 7.20. The zero-order valence-corrected chi connectivity index (χ0v) is 16.0. The number of likely N-dealkylation sites (tertiary alicyclic amines) is 1. The zero-order chi connectivity index (χ0) is 16.2. The number of halogens is 1. The summed E-state index contributed by atoms with van der Waals surface area (Å²) in [4.78, 5) is 15.0. The highest BCUT2D eigenvalue weighted by molar-refractivity contribution is 5.85. The largest absolute Gasteiger partial charge is 0.350 e. The van der Waals surface area contributed by atoms with Gasteiger partial charge in [-0.1, -0.05) is 13.8 Å². The van der Waals surface area contributed by atoms with Gasteiger partial charge in [0.25, 0.3) is 0 Å². The standard InChI is InChI=1S/C19H33N3O.ClH/c1-18(2)12-22(4-3-16(18)20)11-17(23)21-19-8-13-5-14(9-19)7-15(6-13)10-19;/h13-16H,3-12,20H2,1-2H3,(H,21,23);1H. The van der Waals surface area contributed by atoms with Crippen LogP contribution in [0.2, 0.25) is 0 Å². The van der Waals surface area contributed by atoms with Crippen LogP contribution in [0.5, 0.6) is 0 Å². The summed E-state index contributed by atoms with van der Waals surface area (Å²) in [6.07, 6.45) is 8.98. The molecular formula is C19H34ClN3O. The van der Waals surface area contributed by atoms with E-state index in [4.69, 9.17) is 5.73 Å². The van der Waals surface area contributed by atoms with Crippen molar-refractivity contribution in [2.24, 2.45) is 28.9 Å². The molecule has 4 saturated carbocycles. The van der Waals surface area contributed by atoms with Crippen molar-refractivity contribution in [2.45, 2.75) is 70.4 Å². The summed E-state index contributed by atoms with van der Waals surface area (Å²) in [6, 6.07) is 0.255. The van der Waals surface area contributed by atoms with Crippen molar-refractivity contribution in [2.75, 3.05) is 19.6 Å². The highest BCUT2D eigenvalue weighted by Crippen LogP contribution is 2.55. The Morgan fingerprint density at radius 2 is 1.67 bits per heavy atom. The SMILES string of the molecule is CC1(C)CN(CC(=O)NC23CC4CC(CC(C4)C2)C3)CCC1N.Cl. The average molecular weight is 356 g/mol. The lowest BCUT2D eigenvalue weighted by molar-refractivity contribution is -0.128. The van der Waals surface area contributed by atoms with Crippen LogP contribution in [0.15, 0.2) is 0 Å². The molecule has 0 aromatic rings. The van der Waals surface area contributed by atoms with Gasteiger partial charge in [-0.15, -0.1) is 12.4 Å². The molecule has 0 aromatic heterocycles. The minimum atomic E-state index is 0. The molecule has 0 spiro atoms. The van der Waals surface area contributed by atoms with Crippen molar-refractivity contribution in [1.29, 1.82) is 0 Å². The first-order valence-corrected chi connectivity index (χ1v) is 9.63. The fourth-order valence-corrected chi connectivity index (χ4v) is 6.42. The van der Waals surface area contributed by atoms with Crippen LogP contribution in [-0.2, 0) is 4.79 Å². The molecule has 24 heavy (non-hydrogen) atoms. The van der Waals surface area contributed by atoms with E-state index in [9.17, 15) is 4.79 Å². The van der Waals surface area contributed by atoms with E-state index >= 15 is 0 Å². The third-order valence-corrected chi connectivity index (χ3v) is 7.20. The van der Waals surface area contributed by atoms with E-state index in [-0.39, 0.29) is 35.3 Å². The van der Waals surface area contributed by atoms with Gasteiger partial charge in [0.05, 0.1) is 6.54 Å². The van der Waals surface area contributed by atoms with Gasteiger partial charge in [0.1, 0.15) is 0 Å². The van der Waals surface area contributed by atoms with Gasteiger partial charge in [-0.25, -0.2) is 0 Å². The van der Waals surface area contributed by atoms with E-state index in [1.165, 1.54) is 38.5 Å². The molecule has 138 valence electrons. The smallest absolute Gasteiger partial charge is 0.234 e. The highest BCUT2D eigenvalue weighted by Gasteiger charge is 2.51. The molecule has 5 aliphatic rings. The van der Waals surface area contributed by atoms with E-state index in [0.29, 0.717) is 6.54 Å². The Kier molecular flexibility index (Phi) is 4.96. The van der Waals surface area contributed by atoms with Gasteiger partial charge < -0.3 is 11.1 Å². The monoisotopic (exact) mass is 355 g/mol. The predicted molar refractivity (Wildman–Crippen MR) is 99.1 cm³/mol. The lowest BCUT2D eigenvalue weighted by atomic mass is 9.53. The summed E-state index contributed by atoms with van der Waals surface area (Å²) in [5.74, 6) is 2.90. The van der Waals surface area contributed by atoms with Gasteiger partial charge in [-0.2, -0.15) is 0 Å². The summed E-state index contributed by atoms with van der Waals surface area (Å²) in [6.45, 7) is 6.89. The molecule has 5 fully saturated rings. The Morgan fingerprint density at radius 3 is 2.17 bits per heavy atom. The molecule has 1 amide bonds. The lowest BCUT2D eigenvalue weighted by Crippen LogP contribution is -2.61. The Morgan fingerprint density at radius 1 is 1.12 bits per heavy atom. The van der Waals surface area contributed by atoms with Gasteiger partial charge in [-0.05, 0) is 68.1 Å². The van der Waals surface area contributed by atoms with Gasteiger partial charge >= 0.3 is 0 Å². The van der Waals surface area contributed by atoms with Gasteiger partial charge in [0.15, 0.2) is 0 Å². The van der Waals surface area contributed by atoms with Gasteiger partial charge in [0, 0.05) is 24.7 Å². The summed E-state index contributed by atoms with van der Waals surface area (Å²) in [5, 5.41) is 3.50. The molecule has 0 aromatic carbocycles. The van der Waals surface area contributed by atoms with E-state index in [1.807, 2.05) is 0 Å². The average Bonchev–Trinajstić information content (AvgIpc) is 2.40. The minimum Gasteiger partial charge on any atom is -0.350 e. The van der Waals surface area contributed by atoms with Crippen LogP contribution in [-0.4, -0.2) is 42.0 Å². The number of hydrogen-bond acceptors (Lipinski definition) is 3. The molecule has 5 heteroatoms. The van der Waals surface area contributed by atoms with Crippen LogP contribution >= 0.6 is 12.4 Å². The number of nitrogens with one attached hydrogen (secondary N) is 1. The number of carbonyl (C=O) groups excluding carboxylic acids is 1. The van der Waals surface area contributed by atoms with Crippen molar-refractivity contribution in [1.82, 2.24) is 10.2 Å². The van der Waals surface area contributed by atoms with Crippen LogP contribution < -0.4 is 11.1 Å². The molecular weight excluding hydrogens is 322 g/mol. The van der Waals surface area contributed by atoms with Crippen LogP contribution in [0.3, 0.4) is 0 Å². The number of carbonyl (C=O) groups is 1. The first kappa shape index (κ1) is 18.5. The molecule has 1 atom stereocenters. The fraction of sp³-hybridized carbons (Fsp3) is 0.947. The van der Waals surface area contributed by atoms with Crippen LogP contribution in [0.4, 0.5) is 0 Å². The first-order chi connectivity index (χ1) is 10.8. The molecule has 3 N–H and O–H groups in total. The number of piperidine rings is 1. The molecule has 0 radical (unpaired) electrons. The Labute approximate surface area is 152 Å². The second kappa shape index (κ2) is 6.44. The topological polar surface area (TPSA) is 58.4 Å². The summed E-state index contributed by atoms with van der Waals surface area (Å²) >= 11 is 0. The maximum atomic E-state index is 12.7. The number of amides is 1. The molecule has 1 heterocycles. The Hall–Kier alpha value is -0.320. The molecule has 1 aliphatic heterocycles. The third kappa shape index (κ3) is 3.47. The quantitative estimate of drug-likeness (QED) is 0.818. The normalized spacial score (nSPS) is 43.3. The highest BCUT2D eigenvalue weighted by atomic mass is 35.5. The number of rotatable bonds is 3. The van der Waals surface area contributed by atoms with Crippen molar-refractivity contribution < 1.29 is 4.79 Å². The zero-order valence-electron chi connectivity index (χ0n) is 15.2. The summed E-state index contributed by atoms with van der Waals surface area (Å²) in [7, 11) is 0. The van der Waals surface area contributed by atoms with Gasteiger partial charge in [0.2, 0.25) is 5.91 Å². The summed E-state index contributed by atoms with van der Waals surface area (Å²) < 4.78 is 0. The van der Waals surface area contributed by atoms with E-state index in [0.717, 1.165) is 37.3 Å². The second-order valence-corrected chi connectivity index (χ2v) is 9.84. The van der Waals surface area contributed by atoms with E-state index in [2.05, 4.69) is 24.1 Å². The van der Waals surface area contributed by atoms with E-state index < -0.39 is 0 Å². The van der Waals surface area contributed by atoms with Crippen molar-refractivity contribution in [3.8, 4) is 0 Å². The maximum absolute atomic E-state index is 12.7. The predicted octanol–water partition coefficient (Wildman–Crippen LogP) is 2.55. The lowest BCUT2D eigenvalue weighted by Gasteiger charge is -2.57. The molecule has 5 rings (SSSR count). The number of nitrogens with two attached hydrogens (primary N) is 1. The minimum absolute atomic E-state index is 0. The molecule has 1 saturated heterocycles. The molecule has 4 nitrogen and oxygen atoms in total. The second-order valence-electron chi connectivity index (χ2n) is 9.84. The van der Waals surface area contributed by atoms with E-state index in [1.54, 1.807) is 0 Å². The maximum Gasteiger partial charge on any atom is 0.234 e. The van der Waals surface area contributed by atoms with Crippen LogP contribution in [0, 0.1) is 23.2 Å². The van der Waals surface area contributed by atoms with Crippen molar-refractivity contribution in [3.05, 3.63) is 0 Å². The van der Waals surface area contributed by atoms with Gasteiger partial charge in [-0.3, -0.25) is 9.69 Å². The first-order valence-electron chi connectivity index (χ1n) is 9.63. The Bertz CT molecular complexity index is 458. The molecule has 4 bridgehead atoms. The molecule has 1 unspecified atom stereocenters. The molecule has 4 aliphatic carbocycles. The summed E-state index contributed by atoms with van der Waals surface area (Å²) in [5.41, 5.74) is 6.47. The number of nitrogens with zero attached hydrogens (tertiary/aromatic N) is 1. The van der Waals surface area contributed by atoms with Crippen LogP contribution in [0.1, 0.15) is 58.8 Å². The van der Waals surface area contributed by atoms with Crippen molar-refractivity contribution >= 4 is 18.3 Å². The fourth-order valence-electron chi connectivity index (χ4n) is 6.42. The Balaban J connectivity index is 0.00000169. The number of hydrogen-bond donors (Lipinski definition) is 2. The van der Waals surface area contributed by atoms with Crippen LogP contribution in [0.25, 0.3) is 0 Å². The van der Waals surface area contributed by atoms with Crippen molar-refractivity contribution in [3.63, 3.8) is 0 Å².